The van der Waals surface area contributed by atoms with Gasteiger partial charge in [0.1, 0.15) is 0 Å². The minimum Gasteiger partial charge on any atom is -0.356 e. The van der Waals surface area contributed by atoms with Gasteiger partial charge in [0.25, 0.3) is 0 Å². The molecule has 0 saturated heterocycles. The van der Waals surface area contributed by atoms with Gasteiger partial charge in [-0.05, 0) is 6.42 Å². The first-order chi connectivity index (χ1) is 8.76. The first kappa shape index (κ1) is 18.1. The van der Waals surface area contributed by atoms with E-state index in [1.54, 1.807) is 14.0 Å². The van der Waals surface area contributed by atoms with Gasteiger partial charge in [-0.3, -0.25) is 4.99 Å². The standard InChI is InChI=1S/C12H23N5O.HI/c1-4-5-6-7-8-14-12(13-3)15-9-11-16-10(2)18-17-11;/h4-9H2,1-3H3,(H2,13,14,15);1H. The molecule has 0 radical (unpaired) electrons. The van der Waals surface area contributed by atoms with Gasteiger partial charge < -0.3 is 15.2 Å². The van der Waals surface area contributed by atoms with E-state index >= 15 is 0 Å². The summed E-state index contributed by atoms with van der Waals surface area (Å²) in [6.45, 7) is 5.44. The number of aromatic nitrogens is 2. The summed E-state index contributed by atoms with van der Waals surface area (Å²) >= 11 is 0. The number of guanidine groups is 1. The van der Waals surface area contributed by atoms with E-state index in [1.807, 2.05) is 0 Å². The van der Waals surface area contributed by atoms with Crippen LogP contribution in [0.1, 0.15) is 44.3 Å². The van der Waals surface area contributed by atoms with Crippen LogP contribution in [0.15, 0.2) is 9.52 Å². The number of aliphatic imine (C=N–C) groups is 1. The second kappa shape index (κ2) is 11.0. The topological polar surface area (TPSA) is 75.3 Å². The first-order valence-electron chi connectivity index (χ1n) is 6.50. The summed E-state index contributed by atoms with van der Waals surface area (Å²) < 4.78 is 4.89. The highest BCUT2D eigenvalue weighted by molar-refractivity contribution is 14.0. The lowest BCUT2D eigenvalue weighted by molar-refractivity contribution is 0.387. The number of hydrogen-bond acceptors (Lipinski definition) is 4. The van der Waals surface area contributed by atoms with Crippen LogP contribution >= 0.6 is 24.0 Å². The Morgan fingerprint density at radius 1 is 1.26 bits per heavy atom. The van der Waals surface area contributed by atoms with Crippen LogP contribution in [0.2, 0.25) is 0 Å². The Morgan fingerprint density at radius 2 is 2.05 bits per heavy atom. The van der Waals surface area contributed by atoms with Crippen LogP contribution in [0.5, 0.6) is 0 Å². The van der Waals surface area contributed by atoms with E-state index in [0.29, 0.717) is 18.3 Å². The molecule has 1 aromatic heterocycles. The van der Waals surface area contributed by atoms with Gasteiger partial charge in [-0.1, -0.05) is 31.3 Å². The van der Waals surface area contributed by atoms with Gasteiger partial charge in [-0.2, -0.15) is 4.98 Å². The van der Waals surface area contributed by atoms with Crippen molar-refractivity contribution in [3.05, 3.63) is 11.7 Å². The van der Waals surface area contributed by atoms with Gasteiger partial charge in [0.2, 0.25) is 5.89 Å². The van der Waals surface area contributed by atoms with Crippen LogP contribution in [0.4, 0.5) is 0 Å². The fourth-order valence-corrected chi connectivity index (χ4v) is 1.56. The third kappa shape index (κ3) is 8.02. The second-order valence-electron chi connectivity index (χ2n) is 4.14. The van der Waals surface area contributed by atoms with Crippen molar-refractivity contribution in [1.82, 2.24) is 20.8 Å². The van der Waals surface area contributed by atoms with E-state index in [2.05, 4.69) is 32.7 Å². The summed E-state index contributed by atoms with van der Waals surface area (Å²) in [4.78, 5) is 8.25. The maximum atomic E-state index is 4.89. The summed E-state index contributed by atoms with van der Waals surface area (Å²) in [6.07, 6.45) is 4.96. The van der Waals surface area contributed by atoms with E-state index in [1.165, 1.54) is 19.3 Å². The quantitative estimate of drug-likeness (QED) is 0.328. The molecule has 0 saturated carbocycles. The van der Waals surface area contributed by atoms with Crippen LogP contribution in [0.25, 0.3) is 0 Å². The zero-order chi connectivity index (χ0) is 13.2. The normalized spacial score (nSPS) is 11.0. The molecule has 1 rings (SSSR count). The predicted octanol–water partition coefficient (Wildman–Crippen LogP) is 2.24. The first-order valence-corrected chi connectivity index (χ1v) is 6.50. The molecule has 110 valence electrons. The summed E-state index contributed by atoms with van der Waals surface area (Å²) in [5, 5.41) is 10.2. The van der Waals surface area contributed by atoms with Crippen LogP contribution in [-0.2, 0) is 6.54 Å². The minimum absolute atomic E-state index is 0. The largest absolute Gasteiger partial charge is 0.356 e. The lowest BCUT2D eigenvalue weighted by Crippen LogP contribution is -2.37. The van der Waals surface area contributed by atoms with Crippen molar-refractivity contribution in [3.8, 4) is 0 Å². The van der Waals surface area contributed by atoms with Crippen molar-refractivity contribution in [1.29, 1.82) is 0 Å². The van der Waals surface area contributed by atoms with Gasteiger partial charge in [-0.15, -0.1) is 24.0 Å². The van der Waals surface area contributed by atoms with Crippen molar-refractivity contribution in [3.63, 3.8) is 0 Å². The molecule has 0 aliphatic carbocycles. The fraction of sp³-hybridized carbons (Fsp3) is 0.750. The summed E-state index contributed by atoms with van der Waals surface area (Å²) in [5.74, 6) is 1.99. The zero-order valence-corrected chi connectivity index (χ0v) is 14.2. The molecular weight excluding hydrogens is 357 g/mol. The molecule has 7 heteroatoms. The van der Waals surface area contributed by atoms with Crippen molar-refractivity contribution >= 4 is 29.9 Å². The molecule has 0 aromatic carbocycles. The highest BCUT2D eigenvalue weighted by atomic mass is 127. The van der Waals surface area contributed by atoms with Gasteiger partial charge in [0, 0.05) is 20.5 Å². The average molecular weight is 381 g/mol. The SMILES string of the molecule is CCCCCCNC(=NC)NCc1noc(C)n1.I. The molecule has 0 spiro atoms. The zero-order valence-electron chi connectivity index (χ0n) is 11.9. The van der Waals surface area contributed by atoms with E-state index in [-0.39, 0.29) is 24.0 Å². The number of aryl methyl sites for hydroxylation is 1. The maximum Gasteiger partial charge on any atom is 0.223 e. The van der Waals surface area contributed by atoms with Crippen molar-refractivity contribution in [2.75, 3.05) is 13.6 Å². The fourth-order valence-electron chi connectivity index (χ4n) is 1.56. The molecule has 0 aliphatic rings. The van der Waals surface area contributed by atoms with Crippen LogP contribution in [-0.4, -0.2) is 29.7 Å². The molecule has 0 bridgehead atoms. The smallest absolute Gasteiger partial charge is 0.223 e. The number of nitrogens with zero attached hydrogens (tertiary/aromatic N) is 3. The van der Waals surface area contributed by atoms with Crippen LogP contribution < -0.4 is 10.6 Å². The van der Waals surface area contributed by atoms with Crippen LogP contribution in [0.3, 0.4) is 0 Å². The Bertz CT molecular complexity index is 367. The van der Waals surface area contributed by atoms with Gasteiger partial charge in [0.05, 0.1) is 6.54 Å². The monoisotopic (exact) mass is 381 g/mol. The minimum atomic E-state index is 0. The van der Waals surface area contributed by atoms with Gasteiger partial charge in [-0.25, -0.2) is 0 Å². The lowest BCUT2D eigenvalue weighted by Gasteiger charge is -2.10. The number of nitrogens with one attached hydrogen (secondary N) is 2. The Balaban J connectivity index is 0.00000324. The highest BCUT2D eigenvalue weighted by Crippen LogP contribution is 1.97. The molecule has 1 aromatic rings. The summed E-state index contributed by atoms with van der Waals surface area (Å²) in [6, 6.07) is 0. The molecule has 0 amide bonds. The third-order valence-corrected chi connectivity index (χ3v) is 2.53. The Morgan fingerprint density at radius 3 is 2.63 bits per heavy atom. The third-order valence-electron chi connectivity index (χ3n) is 2.53. The Labute approximate surface area is 131 Å². The summed E-state index contributed by atoms with van der Waals surface area (Å²) in [5.41, 5.74) is 0. The van der Waals surface area contributed by atoms with E-state index in [4.69, 9.17) is 4.52 Å². The molecule has 0 unspecified atom stereocenters. The molecule has 2 N–H and O–H groups in total. The number of unbranched alkanes of at least 4 members (excludes halogenated alkanes) is 3. The second-order valence-corrected chi connectivity index (χ2v) is 4.14. The van der Waals surface area contributed by atoms with Crippen LogP contribution in [0, 0.1) is 6.92 Å². The average Bonchev–Trinajstić information content (AvgIpc) is 2.78. The number of rotatable bonds is 7. The molecular formula is C12H24IN5O. The Kier molecular flexibility index (Phi) is 10.5. The van der Waals surface area contributed by atoms with Crippen molar-refractivity contribution in [2.45, 2.75) is 46.1 Å². The molecule has 0 atom stereocenters. The molecule has 1 heterocycles. The van der Waals surface area contributed by atoms with E-state index in [0.717, 1.165) is 18.9 Å². The maximum absolute atomic E-state index is 4.89. The van der Waals surface area contributed by atoms with Gasteiger partial charge in [0.15, 0.2) is 11.8 Å². The summed E-state index contributed by atoms with van der Waals surface area (Å²) in [7, 11) is 1.75. The van der Waals surface area contributed by atoms with Crippen molar-refractivity contribution < 1.29 is 4.52 Å². The van der Waals surface area contributed by atoms with Gasteiger partial charge >= 0.3 is 0 Å². The number of hydrogen-bond donors (Lipinski definition) is 2. The Hall–Kier alpha value is -0.860. The van der Waals surface area contributed by atoms with E-state index < -0.39 is 0 Å². The van der Waals surface area contributed by atoms with Crippen molar-refractivity contribution in [2.24, 2.45) is 4.99 Å². The highest BCUT2D eigenvalue weighted by Gasteiger charge is 2.03. The number of halogens is 1. The molecule has 0 aliphatic heterocycles. The molecule has 6 nitrogen and oxygen atoms in total. The lowest BCUT2D eigenvalue weighted by atomic mass is 10.2. The predicted molar refractivity (Wildman–Crippen MR) is 86.8 cm³/mol. The molecule has 0 fully saturated rings. The van der Waals surface area contributed by atoms with E-state index in [9.17, 15) is 0 Å². The molecule has 19 heavy (non-hydrogen) atoms.